The van der Waals surface area contributed by atoms with Gasteiger partial charge in [0.05, 0.1) is 6.20 Å². The number of carbonyl (C=O) groups is 1. The largest absolute Gasteiger partial charge is 0.351 e. The zero-order valence-corrected chi connectivity index (χ0v) is 11.4. The first-order chi connectivity index (χ1) is 7.70. The number of halogens is 1. The molecule has 0 saturated carbocycles. The number of aromatic nitrogens is 2. The van der Waals surface area contributed by atoms with Gasteiger partial charge in [-0.25, -0.2) is 0 Å². The summed E-state index contributed by atoms with van der Waals surface area (Å²) in [4.78, 5) is 12.3. The van der Waals surface area contributed by atoms with E-state index in [2.05, 4.69) is 27.1 Å². The molecule has 1 aromatic rings. The second-order valence-electron chi connectivity index (χ2n) is 4.56. The molecular weight excluding hydrogens is 260 g/mol. The van der Waals surface area contributed by atoms with E-state index in [1.54, 1.807) is 0 Å². The molecule has 0 aliphatic carbocycles. The fraction of sp³-hybridized carbons (Fsp3) is 0.700. The van der Waals surface area contributed by atoms with Crippen LogP contribution in [0.3, 0.4) is 0 Å². The first-order valence-corrected chi connectivity index (χ1v) is 6.23. The van der Waals surface area contributed by atoms with Crippen LogP contribution in [0, 0.1) is 5.41 Å². The van der Waals surface area contributed by atoms with Crippen LogP contribution in [-0.2, 0) is 0 Å². The van der Waals surface area contributed by atoms with E-state index < -0.39 is 0 Å². The lowest BCUT2D eigenvalue weighted by atomic mass is 9.83. The first-order valence-electron chi connectivity index (χ1n) is 5.46. The Hall–Kier alpha value is -0.720. The normalized spacial score (nSPS) is 23.8. The van der Waals surface area contributed by atoms with E-state index in [1.165, 1.54) is 12.6 Å². The van der Waals surface area contributed by atoms with Gasteiger partial charge >= 0.3 is 0 Å². The molecule has 1 saturated heterocycles. The molecule has 96 valence electrons. The molecule has 0 spiro atoms. The number of piperidine rings is 1. The van der Waals surface area contributed by atoms with Crippen LogP contribution in [0.1, 0.15) is 29.4 Å². The number of rotatable bonds is 3. The van der Waals surface area contributed by atoms with Crippen molar-refractivity contribution in [2.45, 2.75) is 19.8 Å². The fourth-order valence-corrected chi connectivity index (χ4v) is 2.35. The monoisotopic (exact) mass is 276 g/mol. The summed E-state index contributed by atoms with van der Waals surface area (Å²) in [5.41, 5.74) is 0.173. The van der Waals surface area contributed by atoms with Crippen molar-refractivity contribution in [3.63, 3.8) is 0 Å². The van der Waals surface area contributed by atoms with Crippen LogP contribution >= 0.6 is 23.9 Å². The molecular formula is C10H17ClN4OS. The summed E-state index contributed by atoms with van der Waals surface area (Å²) in [5.74, 6) is -0.0678. The van der Waals surface area contributed by atoms with Gasteiger partial charge in [-0.1, -0.05) is 11.4 Å². The molecule has 5 nitrogen and oxygen atoms in total. The third-order valence-corrected chi connectivity index (χ3v) is 3.61. The highest BCUT2D eigenvalue weighted by Gasteiger charge is 2.27. The lowest BCUT2D eigenvalue weighted by Gasteiger charge is -2.34. The predicted molar refractivity (Wildman–Crippen MR) is 69.7 cm³/mol. The highest BCUT2D eigenvalue weighted by atomic mass is 35.5. The average molecular weight is 277 g/mol. The van der Waals surface area contributed by atoms with E-state index >= 15 is 0 Å². The van der Waals surface area contributed by atoms with Crippen molar-refractivity contribution in [2.75, 3.05) is 19.6 Å². The van der Waals surface area contributed by atoms with Crippen molar-refractivity contribution >= 4 is 29.8 Å². The van der Waals surface area contributed by atoms with Gasteiger partial charge in [0, 0.05) is 13.1 Å². The molecule has 0 radical (unpaired) electrons. The number of hydrogen-bond donors (Lipinski definition) is 2. The van der Waals surface area contributed by atoms with E-state index in [4.69, 9.17) is 0 Å². The first kappa shape index (κ1) is 14.3. The van der Waals surface area contributed by atoms with E-state index in [1.807, 2.05) is 0 Å². The Morgan fingerprint density at radius 2 is 2.53 bits per heavy atom. The van der Waals surface area contributed by atoms with Gasteiger partial charge in [0.25, 0.3) is 5.91 Å². The maximum absolute atomic E-state index is 11.7. The molecule has 2 N–H and O–H groups in total. The van der Waals surface area contributed by atoms with Gasteiger partial charge in [-0.15, -0.1) is 17.5 Å². The summed E-state index contributed by atoms with van der Waals surface area (Å²) in [6.45, 7) is 4.96. The number of nitrogens with one attached hydrogen (secondary N) is 2. The minimum Gasteiger partial charge on any atom is -0.351 e. The van der Waals surface area contributed by atoms with Gasteiger partial charge in [-0.05, 0) is 36.3 Å². The van der Waals surface area contributed by atoms with E-state index in [0.29, 0.717) is 11.4 Å². The van der Waals surface area contributed by atoms with Crippen LogP contribution in [0.5, 0.6) is 0 Å². The summed E-state index contributed by atoms with van der Waals surface area (Å²) in [5, 5.41) is 9.96. The van der Waals surface area contributed by atoms with Crippen molar-refractivity contribution in [3.8, 4) is 0 Å². The van der Waals surface area contributed by atoms with Crippen LogP contribution in [0.15, 0.2) is 6.20 Å². The molecule has 1 unspecified atom stereocenters. The maximum atomic E-state index is 11.7. The van der Waals surface area contributed by atoms with Crippen molar-refractivity contribution < 1.29 is 4.79 Å². The number of hydrogen-bond acceptors (Lipinski definition) is 5. The SMILES string of the molecule is CC1(CNC(=O)c2cnns2)CCCNC1.Cl. The third-order valence-electron chi connectivity index (χ3n) is 2.95. The van der Waals surface area contributed by atoms with Crippen LogP contribution in [-0.4, -0.2) is 35.1 Å². The van der Waals surface area contributed by atoms with Crippen LogP contribution in [0.4, 0.5) is 0 Å². The number of amides is 1. The maximum Gasteiger partial charge on any atom is 0.264 e. The Kier molecular flexibility index (Phi) is 5.30. The Balaban J connectivity index is 0.00000144. The molecule has 1 aliphatic rings. The number of nitrogens with zero attached hydrogens (tertiary/aromatic N) is 2. The lowest BCUT2D eigenvalue weighted by molar-refractivity contribution is 0.0928. The second-order valence-corrected chi connectivity index (χ2v) is 5.34. The van der Waals surface area contributed by atoms with Gasteiger partial charge in [0.15, 0.2) is 0 Å². The Labute approximate surface area is 111 Å². The predicted octanol–water partition coefficient (Wildman–Crippen LogP) is 1.08. The van der Waals surface area contributed by atoms with E-state index in [-0.39, 0.29) is 23.7 Å². The summed E-state index contributed by atoms with van der Waals surface area (Å²) >= 11 is 1.13. The molecule has 1 fully saturated rings. The fourth-order valence-electron chi connectivity index (χ4n) is 1.92. The van der Waals surface area contributed by atoms with Crippen LogP contribution < -0.4 is 10.6 Å². The van der Waals surface area contributed by atoms with Crippen molar-refractivity contribution in [3.05, 3.63) is 11.1 Å². The molecule has 1 aromatic heterocycles. The summed E-state index contributed by atoms with van der Waals surface area (Å²) in [7, 11) is 0. The van der Waals surface area contributed by atoms with E-state index in [9.17, 15) is 4.79 Å². The lowest BCUT2D eigenvalue weighted by Crippen LogP contribution is -2.45. The molecule has 0 aromatic carbocycles. The summed E-state index contributed by atoms with van der Waals surface area (Å²) in [6, 6.07) is 0. The Bertz CT molecular complexity index is 351. The molecule has 1 atom stereocenters. The third kappa shape index (κ3) is 3.90. The van der Waals surface area contributed by atoms with Gasteiger partial charge in [-0.3, -0.25) is 4.79 Å². The van der Waals surface area contributed by atoms with Gasteiger partial charge in [0.2, 0.25) is 0 Å². The average Bonchev–Trinajstić information content (AvgIpc) is 2.80. The topological polar surface area (TPSA) is 66.9 Å². The van der Waals surface area contributed by atoms with Crippen molar-refractivity contribution in [2.24, 2.45) is 5.41 Å². The minimum absolute atomic E-state index is 0. The minimum atomic E-state index is -0.0678. The van der Waals surface area contributed by atoms with Crippen molar-refractivity contribution in [1.82, 2.24) is 20.2 Å². The Morgan fingerprint density at radius 1 is 1.71 bits per heavy atom. The standard InChI is InChI=1S/C10H16N4OS.ClH/c1-10(3-2-4-11-6-10)7-12-9(15)8-5-13-14-16-8;/h5,11H,2-4,6-7H2,1H3,(H,12,15);1H. The molecule has 17 heavy (non-hydrogen) atoms. The van der Waals surface area contributed by atoms with Gasteiger partial charge in [0.1, 0.15) is 4.88 Å². The van der Waals surface area contributed by atoms with Crippen LogP contribution in [0.25, 0.3) is 0 Å². The molecule has 2 rings (SSSR count). The van der Waals surface area contributed by atoms with Gasteiger partial charge in [-0.2, -0.15) is 0 Å². The molecule has 7 heteroatoms. The van der Waals surface area contributed by atoms with Gasteiger partial charge < -0.3 is 10.6 Å². The number of carbonyl (C=O) groups excluding carboxylic acids is 1. The van der Waals surface area contributed by atoms with E-state index in [0.717, 1.165) is 31.0 Å². The summed E-state index contributed by atoms with van der Waals surface area (Å²) < 4.78 is 3.67. The summed E-state index contributed by atoms with van der Waals surface area (Å²) in [6.07, 6.45) is 3.83. The van der Waals surface area contributed by atoms with Crippen LogP contribution in [0.2, 0.25) is 0 Å². The van der Waals surface area contributed by atoms with Crippen molar-refractivity contribution in [1.29, 1.82) is 0 Å². The zero-order valence-electron chi connectivity index (χ0n) is 9.73. The highest BCUT2D eigenvalue weighted by molar-refractivity contribution is 7.07. The smallest absolute Gasteiger partial charge is 0.264 e. The quantitative estimate of drug-likeness (QED) is 0.867. The molecule has 1 aliphatic heterocycles. The second kappa shape index (κ2) is 6.28. The molecule has 0 bridgehead atoms. The highest BCUT2D eigenvalue weighted by Crippen LogP contribution is 2.24. The Morgan fingerprint density at radius 3 is 3.12 bits per heavy atom. The zero-order chi connectivity index (χ0) is 11.4. The molecule has 2 heterocycles. The molecule has 1 amide bonds.